The Balaban J connectivity index is 7.61. The molecule has 0 aromatic rings. The normalized spacial score (nSPS) is 20.9. The lowest BCUT2D eigenvalue weighted by molar-refractivity contribution is -0.217. The van der Waals surface area contributed by atoms with Gasteiger partial charge >= 0.3 is 17.9 Å². The second-order valence-corrected chi connectivity index (χ2v) is 12.6. The highest BCUT2D eigenvalue weighted by Crippen LogP contribution is 2.57. The summed E-state index contributed by atoms with van der Waals surface area (Å²) in [5.41, 5.74) is -6.91. The van der Waals surface area contributed by atoms with Gasteiger partial charge in [0.25, 0.3) is 0 Å². The molecule has 0 aliphatic carbocycles. The molecule has 0 fully saturated rings. The van der Waals surface area contributed by atoms with Crippen molar-refractivity contribution in [1.82, 2.24) is 0 Å². The van der Waals surface area contributed by atoms with Crippen molar-refractivity contribution in [2.45, 2.75) is 145 Å². The van der Waals surface area contributed by atoms with Gasteiger partial charge in [-0.15, -0.1) is 0 Å². The molecule has 0 bridgehead atoms. The predicted molar refractivity (Wildman–Crippen MR) is 148 cm³/mol. The third kappa shape index (κ3) is 7.93. The molecule has 4 N–H and O–H groups in total. The van der Waals surface area contributed by atoms with Gasteiger partial charge in [-0.1, -0.05) is 101 Å². The van der Waals surface area contributed by atoms with Crippen LogP contribution in [0.1, 0.15) is 139 Å². The lowest BCUT2D eigenvalue weighted by Gasteiger charge is -2.52. The second kappa shape index (κ2) is 14.0. The summed E-state index contributed by atoms with van der Waals surface area (Å²) in [7, 11) is 0. The molecule has 0 radical (unpaired) electrons. The van der Waals surface area contributed by atoms with Gasteiger partial charge in [0, 0.05) is 0 Å². The van der Waals surface area contributed by atoms with Gasteiger partial charge in [-0.2, -0.15) is 0 Å². The van der Waals surface area contributed by atoms with Gasteiger partial charge in [-0.25, -0.2) is 4.79 Å². The fraction of sp³-hybridized carbons (Fsp3) is 0.900. The molecule has 0 spiro atoms. The molecule has 37 heavy (non-hydrogen) atoms. The van der Waals surface area contributed by atoms with Crippen LogP contribution < -0.4 is 0 Å². The molecule has 7 heteroatoms. The van der Waals surface area contributed by atoms with Crippen LogP contribution in [0.25, 0.3) is 0 Å². The molecule has 0 saturated carbocycles. The minimum Gasteiger partial charge on any atom is -0.481 e. The van der Waals surface area contributed by atoms with Crippen LogP contribution >= 0.6 is 0 Å². The van der Waals surface area contributed by atoms with Crippen LogP contribution in [0.2, 0.25) is 0 Å². The van der Waals surface area contributed by atoms with Gasteiger partial charge in [-0.05, 0) is 54.8 Å². The van der Waals surface area contributed by atoms with E-state index < -0.39 is 51.1 Å². The van der Waals surface area contributed by atoms with Crippen molar-refractivity contribution in [2.24, 2.45) is 27.6 Å². The SMILES string of the molecule is CCCC(C)(CC)CC(C(=O)O)C(O)(C(=O)O)C(CC(C)(CC)CCC)(CC(C)(CC)CCC)C(=O)O. The summed E-state index contributed by atoms with van der Waals surface area (Å²) in [6.45, 7) is 17.5. The smallest absolute Gasteiger partial charge is 0.337 e. The zero-order chi connectivity index (χ0) is 29.3. The Morgan fingerprint density at radius 1 is 0.622 bits per heavy atom. The summed E-state index contributed by atoms with van der Waals surface area (Å²) in [6, 6.07) is 0. The highest BCUT2D eigenvalue weighted by Gasteiger charge is 2.69. The van der Waals surface area contributed by atoms with E-state index in [0.29, 0.717) is 38.5 Å². The first-order valence-electron chi connectivity index (χ1n) is 14.4. The maximum absolute atomic E-state index is 13.4. The molecule has 0 aliphatic heterocycles. The van der Waals surface area contributed by atoms with Gasteiger partial charge in [-0.3, -0.25) is 9.59 Å². The van der Waals surface area contributed by atoms with Crippen LogP contribution in [-0.2, 0) is 14.4 Å². The van der Waals surface area contributed by atoms with Crippen molar-refractivity contribution >= 4 is 17.9 Å². The molecule has 0 saturated heterocycles. The van der Waals surface area contributed by atoms with Gasteiger partial charge in [0.05, 0.1) is 5.92 Å². The summed E-state index contributed by atoms with van der Waals surface area (Å²) in [5, 5.41) is 44.3. The molecule has 0 aliphatic rings. The van der Waals surface area contributed by atoms with Crippen molar-refractivity contribution in [3.8, 4) is 0 Å². The molecule has 0 aromatic heterocycles. The van der Waals surface area contributed by atoms with Gasteiger partial charge in [0.2, 0.25) is 0 Å². The van der Waals surface area contributed by atoms with Crippen molar-refractivity contribution in [3.05, 3.63) is 0 Å². The maximum Gasteiger partial charge on any atom is 0.337 e. The van der Waals surface area contributed by atoms with E-state index in [0.717, 1.165) is 19.3 Å². The quantitative estimate of drug-likeness (QED) is 0.129. The Kier molecular flexibility index (Phi) is 13.3. The number of aliphatic hydroxyl groups is 1. The van der Waals surface area contributed by atoms with Crippen molar-refractivity contribution in [3.63, 3.8) is 0 Å². The third-order valence-corrected chi connectivity index (χ3v) is 9.54. The van der Waals surface area contributed by atoms with E-state index >= 15 is 0 Å². The topological polar surface area (TPSA) is 132 Å². The summed E-state index contributed by atoms with van der Waals surface area (Å²) in [5.74, 6) is -6.43. The highest BCUT2D eigenvalue weighted by molar-refractivity contribution is 5.93. The first-order valence-corrected chi connectivity index (χ1v) is 14.4. The van der Waals surface area contributed by atoms with E-state index in [-0.39, 0.29) is 19.3 Å². The highest BCUT2D eigenvalue weighted by atomic mass is 16.4. The minimum atomic E-state index is -3.00. The number of aliphatic carboxylic acids is 3. The van der Waals surface area contributed by atoms with E-state index in [1.807, 2.05) is 62.3 Å². The lowest BCUT2D eigenvalue weighted by atomic mass is 9.51. The summed E-state index contributed by atoms with van der Waals surface area (Å²) >= 11 is 0. The molecule has 5 unspecified atom stereocenters. The molecule has 218 valence electrons. The summed E-state index contributed by atoms with van der Waals surface area (Å²) < 4.78 is 0. The van der Waals surface area contributed by atoms with Crippen LogP contribution in [-0.4, -0.2) is 43.9 Å². The van der Waals surface area contributed by atoms with E-state index in [9.17, 15) is 34.8 Å². The summed E-state index contributed by atoms with van der Waals surface area (Å²) in [4.78, 5) is 39.4. The monoisotopic (exact) mass is 528 g/mol. The zero-order valence-corrected chi connectivity index (χ0v) is 25.1. The third-order valence-electron chi connectivity index (χ3n) is 9.54. The first kappa shape index (κ1) is 35.4. The first-order chi connectivity index (χ1) is 17.0. The second-order valence-electron chi connectivity index (χ2n) is 12.6. The molecule has 0 rings (SSSR count). The summed E-state index contributed by atoms with van der Waals surface area (Å²) in [6.07, 6.45) is 5.65. The van der Waals surface area contributed by atoms with Crippen LogP contribution in [0.5, 0.6) is 0 Å². The molecular weight excluding hydrogens is 472 g/mol. The van der Waals surface area contributed by atoms with Crippen molar-refractivity contribution < 1.29 is 34.8 Å². The number of carbonyl (C=O) groups is 3. The van der Waals surface area contributed by atoms with E-state index in [2.05, 4.69) is 0 Å². The Hall–Kier alpha value is -1.63. The minimum absolute atomic E-state index is 0.109. The van der Waals surface area contributed by atoms with Crippen LogP contribution in [0.4, 0.5) is 0 Å². The van der Waals surface area contributed by atoms with Crippen LogP contribution in [0.3, 0.4) is 0 Å². The van der Waals surface area contributed by atoms with Gasteiger partial charge in [0.15, 0.2) is 5.60 Å². The van der Waals surface area contributed by atoms with Crippen molar-refractivity contribution in [2.75, 3.05) is 0 Å². The maximum atomic E-state index is 13.4. The average Bonchev–Trinajstić information content (AvgIpc) is 2.81. The van der Waals surface area contributed by atoms with E-state index in [1.54, 1.807) is 0 Å². The number of hydrogen-bond donors (Lipinski definition) is 4. The Labute approximate surface area is 225 Å². The molecule has 5 atom stereocenters. The number of hydrogen-bond acceptors (Lipinski definition) is 4. The van der Waals surface area contributed by atoms with E-state index in [4.69, 9.17) is 0 Å². The molecule has 0 amide bonds. The Morgan fingerprint density at radius 3 is 1.22 bits per heavy atom. The lowest BCUT2D eigenvalue weighted by Crippen LogP contribution is -2.66. The largest absolute Gasteiger partial charge is 0.481 e. The zero-order valence-electron chi connectivity index (χ0n) is 25.1. The molecule has 0 heterocycles. The average molecular weight is 529 g/mol. The molecular formula is C30H56O7. The number of rotatable bonds is 20. The van der Waals surface area contributed by atoms with E-state index in [1.165, 1.54) is 0 Å². The number of carboxylic acids is 3. The van der Waals surface area contributed by atoms with Gasteiger partial charge < -0.3 is 20.4 Å². The predicted octanol–water partition coefficient (Wildman–Crippen LogP) is 7.39. The molecule has 7 nitrogen and oxygen atoms in total. The molecule has 0 aromatic carbocycles. The fourth-order valence-electron chi connectivity index (χ4n) is 6.71. The Bertz CT molecular complexity index is 743. The Morgan fingerprint density at radius 2 is 0.973 bits per heavy atom. The standard InChI is InChI=1S/C30H56O7/c1-10-16-26(7,13-4)19-22(23(31)32)30(37,25(35)36)29(24(33)34,20-27(8,14-5)17-11-2)21-28(9,15-6)18-12-3/h22,37H,10-21H2,1-9H3,(H,31,32)(H,33,34)(H,35,36). The fourth-order valence-corrected chi connectivity index (χ4v) is 6.71. The van der Waals surface area contributed by atoms with Crippen LogP contribution in [0.15, 0.2) is 0 Å². The van der Waals surface area contributed by atoms with Crippen LogP contribution in [0, 0.1) is 27.6 Å². The number of carboxylic acid groups (broad SMARTS) is 3. The van der Waals surface area contributed by atoms with Crippen molar-refractivity contribution in [1.29, 1.82) is 0 Å². The van der Waals surface area contributed by atoms with Gasteiger partial charge in [0.1, 0.15) is 5.41 Å².